The van der Waals surface area contributed by atoms with Gasteiger partial charge in [-0.25, -0.2) is 0 Å². The van der Waals surface area contributed by atoms with Crippen LogP contribution in [0.25, 0.3) is 0 Å². The Morgan fingerprint density at radius 3 is 2.08 bits per heavy atom. The molecule has 0 bridgehead atoms. The van der Waals surface area contributed by atoms with Crippen LogP contribution in [0.2, 0.25) is 0 Å². The molecule has 0 fully saturated rings. The second kappa shape index (κ2) is 14.7. The van der Waals surface area contributed by atoms with Crippen LogP contribution in [0.5, 0.6) is 0 Å². The second-order valence-corrected chi connectivity index (χ2v) is 13.9. The van der Waals surface area contributed by atoms with Gasteiger partial charge in [0.05, 0.1) is 17.1 Å². The Hall–Kier alpha value is -6.32. The van der Waals surface area contributed by atoms with Crippen molar-refractivity contribution >= 4 is 28.4 Å². The molecule has 2 aliphatic heterocycles. The third-order valence-electron chi connectivity index (χ3n) is 11.1. The molecule has 9 rings (SSSR count). The maximum atomic E-state index is 6.17. The first-order valence-electron chi connectivity index (χ1n) is 18.5. The predicted octanol–water partition coefficient (Wildman–Crippen LogP) is 12.3. The van der Waals surface area contributed by atoms with Crippen LogP contribution in [0.4, 0.5) is 28.4 Å². The zero-order chi connectivity index (χ0) is 36.2. The summed E-state index contributed by atoms with van der Waals surface area (Å²) in [7, 11) is 0. The molecule has 4 aliphatic rings. The first kappa shape index (κ1) is 33.8. The summed E-state index contributed by atoms with van der Waals surface area (Å²) in [5.74, 6) is 0.338. The molecule has 3 nitrogen and oxygen atoms in total. The summed E-state index contributed by atoms with van der Waals surface area (Å²) >= 11 is 0. The smallest absolute Gasteiger partial charge is 0.0666 e. The van der Waals surface area contributed by atoms with Crippen LogP contribution in [0, 0.1) is 5.92 Å². The molecular formula is C50H45N3. The average Bonchev–Trinajstić information content (AvgIpc) is 3.71. The van der Waals surface area contributed by atoms with E-state index < -0.39 is 5.41 Å². The number of hydrogen-bond donors (Lipinski definition) is 1. The summed E-state index contributed by atoms with van der Waals surface area (Å²) in [6, 6.07) is 49.3. The summed E-state index contributed by atoms with van der Waals surface area (Å²) < 4.78 is 0. The van der Waals surface area contributed by atoms with Gasteiger partial charge in [-0.2, -0.15) is 0 Å². The number of allylic oxidation sites excluding steroid dienone is 11. The lowest BCUT2D eigenvalue weighted by Crippen LogP contribution is -2.45. The molecule has 0 saturated carbocycles. The Bertz CT molecular complexity index is 2250. The zero-order valence-corrected chi connectivity index (χ0v) is 30.2. The minimum absolute atomic E-state index is 0.110. The van der Waals surface area contributed by atoms with Crippen LogP contribution in [0.15, 0.2) is 224 Å². The summed E-state index contributed by atoms with van der Waals surface area (Å²) in [5.41, 5.74) is 18.1. The van der Waals surface area contributed by atoms with Gasteiger partial charge in [0.2, 0.25) is 0 Å². The number of para-hydroxylation sites is 3. The van der Waals surface area contributed by atoms with Crippen molar-refractivity contribution in [2.24, 2.45) is 5.92 Å². The van der Waals surface area contributed by atoms with E-state index in [9.17, 15) is 0 Å². The van der Waals surface area contributed by atoms with Crippen LogP contribution < -0.4 is 15.5 Å². The minimum Gasteiger partial charge on any atom is -0.399 e. The summed E-state index contributed by atoms with van der Waals surface area (Å²) in [6.45, 7) is 6.32. The van der Waals surface area contributed by atoms with E-state index in [-0.39, 0.29) is 17.9 Å². The highest BCUT2D eigenvalue weighted by Crippen LogP contribution is 2.65. The molecule has 4 unspecified atom stereocenters. The van der Waals surface area contributed by atoms with Crippen molar-refractivity contribution in [3.05, 3.63) is 235 Å². The molecule has 0 spiro atoms. The summed E-state index contributed by atoms with van der Waals surface area (Å²) in [4.78, 5) is 5.01. The highest BCUT2D eigenvalue weighted by atomic mass is 15.2. The van der Waals surface area contributed by atoms with Crippen LogP contribution in [-0.4, -0.2) is 6.04 Å². The van der Waals surface area contributed by atoms with E-state index in [4.69, 9.17) is 5.73 Å². The van der Waals surface area contributed by atoms with E-state index in [0.29, 0.717) is 0 Å². The van der Waals surface area contributed by atoms with Gasteiger partial charge in [0.25, 0.3) is 0 Å². The fourth-order valence-electron chi connectivity index (χ4n) is 8.95. The predicted molar refractivity (Wildman–Crippen MR) is 225 cm³/mol. The van der Waals surface area contributed by atoms with E-state index >= 15 is 0 Å². The lowest BCUT2D eigenvalue weighted by molar-refractivity contribution is 0.395. The van der Waals surface area contributed by atoms with Crippen LogP contribution in [0.3, 0.4) is 0 Å². The average molecular weight is 688 g/mol. The van der Waals surface area contributed by atoms with Gasteiger partial charge in [0.15, 0.2) is 0 Å². The fourth-order valence-corrected chi connectivity index (χ4v) is 8.95. The molecule has 0 amide bonds. The van der Waals surface area contributed by atoms with E-state index in [1.54, 1.807) is 0 Å². The van der Waals surface area contributed by atoms with E-state index in [0.717, 1.165) is 23.5 Å². The molecule has 3 heteroatoms. The monoisotopic (exact) mass is 687 g/mol. The van der Waals surface area contributed by atoms with Gasteiger partial charge >= 0.3 is 0 Å². The normalized spacial score (nSPS) is 23.1. The Kier molecular flexibility index (Phi) is 9.40. The van der Waals surface area contributed by atoms with E-state index in [1.807, 2.05) is 60.7 Å². The first-order chi connectivity index (χ1) is 26.1. The largest absolute Gasteiger partial charge is 0.399 e. The quantitative estimate of drug-likeness (QED) is 0.142. The summed E-state index contributed by atoms with van der Waals surface area (Å²) in [5, 5.41) is 0. The molecule has 2 heterocycles. The number of hydrogen-bond acceptors (Lipinski definition) is 3. The maximum absolute atomic E-state index is 6.17. The Morgan fingerprint density at radius 1 is 0.698 bits per heavy atom. The molecule has 0 saturated heterocycles. The van der Waals surface area contributed by atoms with Gasteiger partial charge in [-0.1, -0.05) is 158 Å². The highest BCUT2D eigenvalue weighted by molar-refractivity contribution is 5.86. The molecular weight excluding hydrogens is 643 g/mol. The van der Waals surface area contributed by atoms with Crippen molar-refractivity contribution in [2.45, 2.75) is 30.7 Å². The van der Waals surface area contributed by atoms with E-state index in [1.165, 1.54) is 39.3 Å². The fraction of sp³-hybridized carbons (Fsp3) is 0.120. The van der Waals surface area contributed by atoms with Crippen LogP contribution >= 0.6 is 0 Å². The molecule has 53 heavy (non-hydrogen) atoms. The number of nitrogens with zero attached hydrogens (tertiary/aromatic N) is 2. The van der Waals surface area contributed by atoms with Crippen molar-refractivity contribution in [1.82, 2.24) is 0 Å². The Balaban J connectivity index is 0.000000609. The lowest BCUT2D eigenvalue weighted by atomic mass is 9.56. The van der Waals surface area contributed by atoms with Gasteiger partial charge in [0.1, 0.15) is 0 Å². The van der Waals surface area contributed by atoms with Crippen molar-refractivity contribution in [3.63, 3.8) is 0 Å². The van der Waals surface area contributed by atoms with Gasteiger partial charge in [-0.15, -0.1) is 0 Å². The number of benzene rings is 5. The maximum Gasteiger partial charge on any atom is 0.0666 e. The number of rotatable bonds is 6. The number of fused-ring (bicyclic) bond motifs is 4. The zero-order valence-electron chi connectivity index (χ0n) is 30.2. The van der Waals surface area contributed by atoms with Gasteiger partial charge in [0, 0.05) is 40.3 Å². The Morgan fingerprint density at radius 2 is 1.36 bits per heavy atom. The molecule has 5 aromatic rings. The Labute approximate surface area is 314 Å². The van der Waals surface area contributed by atoms with Crippen LogP contribution in [0.1, 0.15) is 30.4 Å². The number of nitrogens with two attached hydrogens (primary N) is 1. The minimum atomic E-state index is -0.457. The van der Waals surface area contributed by atoms with Gasteiger partial charge < -0.3 is 15.5 Å². The van der Waals surface area contributed by atoms with Crippen molar-refractivity contribution < 1.29 is 0 Å². The molecule has 5 aromatic carbocycles. The van der Waals surface area contributed by atoms with Gasteiger partial charge in [-0.05, 0) is 84.7 Å². The van der Waals surface area contributed by atoms with Crippen molar-refractivity contribution in [1.29, 1.82) is 0 Å². The lowest BCUT2D eigenvalue weighted by Gasteiger charge is -2.47. The van der Waals surface area contributed by atoms with Crippen molar-refractivity contribution in [3.8, 4) is 0 Å². The SMILES string of the molecule is C=C/C=C\C=C1\N(c2ccccc2)c2ccccc2C1(C1=CC=CC2C1c1ccccc1N2c1ccc(N)cc1)C1CC=CC=C1C.c1ccccc1. The topological polar surface area (TPSA) is 32.5 Å². The summed E-state index contributed by atoms with van der Waals surface area (Å²) in [6.07, 6.45) is 23.4. The molecule has 0 radical (unpaired) electrons. The highest BCUT2D eigenvalue weighted by Gasteiger charge is 2.58. The molecule has 260 valence electrons. The number of anilines is 5. The molecule has 2 N–H and O–H groups in total. The molecule has 4 atom stereocenters. The van der Waals surface area contributed by atoms with Gasteiger partial charge in [-0.3, -0.25) is 0 Å². The second-order valence-electron chi connectivity index (χ2n) is 13.9. The third kappa shape index (κ3) is 5.89. The van der Waals surface area contributed by atoms with Crippen molar-refractivity contribution in [2.75, 3.05) is 15.5 Å². The number of nitrogen functional groups attached to an aromatic ring is 1. The third-order valence-corrected chi connectivity index (χ3v) is 11.1. The van der Waals surface area contributed by atoms with E-state index in [2.05, 4.69) is 163 Å². The molecule has 2 aliphatic carbocycles. The molecule has 0 aromatic heterocycles. The van der Waals surface area contributed by atoms with Crippen LogP contribution in [-0.2, 0) is 5.41 Å². The standard InChI is InChI=1S/C44H39N3.C6H6/c1-3-4-6-26-42-44(36-20-11-9-16-31(36)2,37-21-12-14-24-40(37)47(42)33-17-7-5-8-18-33)38-22-15-25-41-43(38)35-19-10-13-23-39(35)46(41)34-29-27-32(45)28-30-34;1-2-4-6-5-3-1/h3-19,21-30,36,41,43H,1,20,45H2,2H3;1-6H/b6-4-,42-26+;. The first-order valence-corrected chi connectivity index (χ1v) is 18.5.